The lowest BCUT2D eigenvalue weighted by molar-refractivity contribution is 0.211. The van der Waals surface area contributed by atoms with Gasteiger partial charge in [-0.25, -0.2) is 0 Å². The highest BCUT2D eigenvalue weighted by Crippen LogP contribution is 2.24. The molecule has 1 unspecified atom stereocenters. The van der Waals surface area contributed by atoms with Crippen molar-refractivity contribution in [3.8, 4) is 0 Å². The molecule has 0 spiro atoms. The highest BCUT2D eigenvalue weighted by molar-refractivity contribution is 5.62. The Balaban J connectivity index is 2.23. The zero-order chi connectivity index (χ0) is 9.97. The third-order valence-corrected chi connectivity index (χ3v) is 2.63. The summed E-state index contributed by atoms with van der Waals surface area (Å²) in [6.45, 7) is 0. The third kappa shape index (κ3) is 2.04. The summed E-state index contributed by atoms with van der Waals surface area (Å²) in [4.78, 5) is 0. The molecule has 0 aromatic carbocycles. The molecule has 0 radical (unpaired) electrons. The standard InChI is InChI=1S/C11H16N2O/c1-13-7-6-11(12-13)9-4-2-3-5-10(14)8-9/h6-8,10,14H,2-5H2,1H3. The van der Waals surface area contributed by atoms with Crippen molar-refractivity contribution in [1.29, 1.82) is 0 Å². The molecule has 1 N–H and O–H groups in total. The highest BCUT2D eigenvalue weighted by atomic mass is 16.3. The van der Waals surface area contributed by atoms with Gasteiger partial charge in [0, 0.05) is 13.2 Å². The maximum absolute atomic E-state index is 9.62. The molecular formula is C11H16N2O. The Bertz CT molecular complexity index is 341. The average molecular weight is 192 g/mol. The van der Waals surface area contributed by atoms with Gasteiger partial charge in [-0.15, -0.1) is 0 Å². The van der Waals surface area contributed by atoms with Crippen molar-refractivity contribution in [3.05, 3.63) is 24.0 Å². The fourth-order valence-corrected chi connectivity index (χ4v) is 1.87. The second kappa shape index (κ2) is 3.96. The van der Waals surface area contributed by atoms with Gasteiger partial charge in [-0.2, -0.15) is 5.10 Å². The Morgan fingerprint density at radius 2 is 2.36 bits per heavy atom. The van der Waals surface area contributed by atoms with E-state index in [-0.39, 0.29) is 6.10 Å². The van der Waals surface area contributed by atoms with Crippen LogP contribution in [0.1, 0.15) is 31.4 Å². The third-order valence-electron chi connectivity index (χ3n) is 2.63. The minimum Gasteiger partial charge on any atom is -0.389 e. The first kappa shape index (κ1) is 9.46. The van der Waals surface area contributed by atoms with Crippen molar-refractivity contribution >= 4 is 5.57 Å². The van der Waals surface area contributed by atoms with E-state index in [0.29, 0.717) is 0 Å². The molecule has 2 rings (SSSR count). The van der Waals surface area contributed by atoms with Crippen LogP contribution in [-0.2, 0) is 7.05 Å². The first-order valence-electron chi connectivity index (χ1n) is 5.14. The van der Waals surface area contributed by atoms with Gasteiger partial charge in [0.15, 0.2) is 0 Å². The van der Waals surface area contributed by atoms with Gasteiger partial charge < -0.3 is 5.11 Å². The number of nitrogens with zero attached hydrogens (tertiary/aromatic N) is 2. The number of allylic oxidation sites excluding steroid dienone is 1. The van der Waals surface area contributed by atoms with Gasteiger partial charge in [0.2, 0.25) is 0 Å². The van der Waals surface area contributed by atoms with E-state index < -0.39 is 0 Å². The molecule has 14 heavy (non-hydrogen) atoms. The van der Waals surface area contributed by atoms with Crippen molar-refractivity contribution in [2.24, 2.45) is 7.05 Å². The molecule has 0 fully saturated rings. The molecule has 0 bridgehead atoms. The zero-order valence-electron chi connectivity index (χ0n) is 8.48. The molecule has 0 saturated heterocycles. The molecule has 0 amide bonds. The molecule has 1 heterocycles. The summed E-state index contributed by atoms with van der Waals surface area (Å²) in [7, 11) is 1.91. The summed E-state index contributed by atoms with van der Waals surface area (Å²) < 4.78 is 1.80. The van der Waals surface area contributed by atoms with Gasteiger partial charge in [-0.1, -0.05) is 12.5 Å². The van der Waals surface area contributed by atoms with E-state index in [2.05, 4.69) is 5.10 Å². The summed E-state index contributed by atoms with van der Waals surface area (Å²) in [6, 6.07) is 2.00. The second-order valence-electron chi connectivity index (χ2n) is 3.88. The fourth-order valence-electron chi connectivity index (χ4n) is 1.87. The maximum Gasteiger partial charge on any atom is 0.0880 e. The van der Waals surface area contributed by atoms with Crippen LogP contribution in [0.15, 0.2) is 18.3 Å². The molecule has 3 heteroatoms. The quantitative estimate of drug-likeness (QED) is 0.736. The number of aliphatic hydroxyl groups excluding tert-OH is 1. The topological polar surface area (TPSA) is 38.0 Å². The van der Waals surface area contributed by atoms with Crippen LogP contribution in [0, 0.1) is 0 Å². The van der Waals surface area contributed by atoms with Gasteiger partial charge in [0.05, 0.1) is 11.8 Å². The van der Waals surface area contributed by atoms with E-state index in [1.165, 1.54) is 5.57 Å². The number of rotatable bonds is 1. The van der Waals surface area contributed by atoms with Crippen LogP contribution in [0.4, 0.5) is 0 Å². The fraction of sp³-hybridized carbons (Fsp3) is 0.545. The molecule has 1 aromatic rings. The first-order chi connectivity index (χ1) is 6.75. The lowest BCUT2D eigenvalue weighted by Gasteiger charge is -2.02. The van der Waals surface area contributed by atoms with Crippen LogP contribution >= 0.6 is 0 Å². The van der Waals surface area contributed by atoms with E-state index >= 15 is 0 Å². The SMILES string of the molecule is Cn1ccc(C2=CC(O)CCCC2)n1. The van der Waals surface area contributed by atoms with E-state index in [9.17, 15) is 5.11 Å². The van der Waals surface area contributed by atoms with Gasteiger partial charge in [-0.05, 0) is 30.9 Å². The predicted octanol–water partition coefficient (Wildman–Crippen LogP) is 1.74. The summed E-state index contributed by atoms with van der Waals surface area (Å²) >= 11 is 0. The maximum atomic E-state index is 9.62. The van der Waals surface area contributed by atoms with Crippen molar-refractivity contribution in [3.63, 3.8) is 0 Å². The number of hydrogen-bond donors (Lipinski definition) is 1. The molecule has 1 atom stereocenters. The monoisotopic (exact) mass is 192 g/mol. The first-order valence-corrected chi connectivity index (χ1v) is 5.14. The average Bonchev–Trinajstić information content (AvgIpc) is 2.45. The van der Waals surface area contributed by atoms with Crippen LogP contribution in [0.2, 0.25) is 0 Å². The Morgan fingerprint density at radius 3 is 3.07 bits per heavy atom. The second-order valence-corrected chi connectivity index (χ2v) is 3.88. The summed E-state index contributed by atoms with van der Waals surface area (Å²) in [6.07, 6.45) is 7.79. The molecule has 0 saturated carbocycles. The number of aliphatic hydroxyl groups is 1. The van der Waals surface area contributed by atoms with Crippen molar-refractivity contribution < 1.29 is 5.11 Å². The minimum atomic E-state index is -0.283. The van der Waals surface area contributed by atoms with Crippen LogP contribution in [0.3, 0.4) is 0 Å². The van der Waals surface area contributed by atoms with Gasteiger partial charge in [0.25, 0.3) is 0 Å². The minimum absolute atomic E-state index is 0.283. The van der Waals surface area contributed by atoms with Gasteiger partial charge in [0.1, 0.15) is 0 Å². The zero-order valence-corrected chi connectivity index (χ0v) is 8.48. The summed E-state index contributed by atoms with van der Waals surface area (Å²) in [5.41, 5.74) is 2.20. The van der Waals surface area contributed by atoms with Crippen molar-refractivity contribution in [1.82, 2.24) is 9.78 Å². The van der Waals surface area contributed by atoms with Crippen molar-refractivity contribution in [2.45, 2.75) is 31.8 Å². The van der Waals surface area contributed by atoms with E-state index in [4.69, 9.17) is 0 Å². The van der Waals surface area contributed by atoms with Crippen LogP contribution in [0.5, 0.6) is 0 Å². The van der Waals surface area contributed by atoms with Crippen LogP contribution in [0.25, 0.3) is 5.57 Å². The smallest absolute Gasteiger partial charge is 0.0880 e. The molecule has 76 valence electrons. The largest absolute Gasteiger partial charge is 0.389 e. The van der Waals surface area contributed by atoms with Crippen LogP contribution < -0.4 is 0 Å². The molecule has 1 aromatic heterocycles. The van der Waals surface area contributed by atoms with Crippen molar-refractivity contribution in [2.75, 3.05) is 0 Å². The molecule has 3 nitrogen and oxygen atoms in total. The van der Waals surface area contributed by atoms with Gasteiger partial charge in [-0.3, -0.25) is 4.68 Å². The molecule has 1 aliphatic carbocycles. The highest BCUT2D eigenvalue weighted by Gasteiger charge is 2.12. The number of aromatic nitrogens is 2. The molecule has 0 aliphatic heterocycles. The number of hydrogen-bond acceptors (Lipinski definition) is 2. The molecular weight excluding hydrogens is 176 g/mol. The normalized spacial score (nSPS) is 23.0. The Morgan fingerprint density at radius 1 is 1.50 bits per heavy atom. The summed E-state index contributed by atoms with van der Waals surface area (Å²) in [5.74, 6) is 0. The van der Waals surface area contributed by atoms with E-state index in [1.54, 1.807) is 4.68 Å². The lowest BCUT2D eigenvalue weighted by atomic mass is 10.1. The summed E-state index contributed by atoms with van der Waals surface area (Å²) in [5, 5.41) is 14.0. The Hall–Kier alpha value is -1.09. The van der Waals surface area contributed by atoms with E-state index in [0.717, 1.165) is 31.4 Å². The predicted molar refractivity (Wildman–Crippen MR) is 55.7 cm³/mol. The van der Waals surface area contributed by atoms with E-state index in [1.807, 2.05) is 25.4 Å². The Labute approximate surface area is 84.1 Å². The molecule has 1 aliphatic rings. The Kier molecular flexibility index (Phi) is 2.68. The van der Waals surface area contributed by atoms with Crippen LogP contribution in [-0.4, -0.2) is 21.0 Å². The van der Waals surface area contributed by atoms with Gasteiger partial charge >= 0.3 is 0 Å². The lowest BCUT2D eigenvalue weighted by Crippen LogP contribution is -2.00. The number of aryl methyl sites for hydroxylation is 1.